The Balaban J connectivity index is 2.00. The molecule has 116 valence electrons. The second-order valence-corrected chi connectivity index (χ2v) is 5.76. The first kappa shape index (κ1) is 16.4. The van der Waals surface area contributed by atoms with Crippen molar-refractivity contribution in [2.45, 2.75) is 12.8 Å². The van der Waals surface area contributed by atoms with Crippen molar-refractivity contribution >= 4 is 51.2 Å². The van der Waals surface area contributed by atoms with Gasteiger partial charge in [-0.15, -0.1) is 0 Å². The van der Waals surface area contributed by atoms with Crippen LogP contribution in [0.15, 0.2) is 28.4 Å². The SMILES string of the molecule is O=C(O)CCCOc1ccc(/C=C2\NC(=S)NC2=O)cc1Br. The van der Waals surface area contributed by atoms with Gasteiger partial charge in [0.25, 0.3) is 5.91 Å². The third kappa shape index (κ3) is 4.54. The number of amides is 1. The van der Waals surface area contributed by atoms with E-state index in [0.29, 0.717) is 24.5 Å². The van der Waals surface area contributed by atoms with Gasteiger partial charge in [0.15, 0.2) is 5.11 Å². The maximum Gasteiger partial charge on any atom is 0.303 e. The van der Waals surface area contributed by atoms with Crippen molar-refractivity contribution < 1.29 is 19.4 Å². The number of carboxylic acids is 1. The summed E-state index contributed by atoms with van der Waals surface area (Å²) in [5.74, 6) is -0.494. The molecule has 0 saturated carbocycles. The van der Waals surface area contributed by atoms with Gasteiger partial charge in [-0.05, 0) is 58.3 Å². The van der Waals surface area contributed by atoms with Crippen LogP contribution >= 0.6 is 28.1 Å². The van der Waals surface area contributed by atoms with Crippen molar-refractivity contribution in [3.05, 3.63) is 33.9 Å². The first-order chi connectivity index (χ1) is 10.5. The van der Waals surface area contributed by atoms with Crippen molar-refractivity contribution in [1.29, 1.82) is 0 Å². The van der Waals surface area contributed by atoms with E-state index in [2.05, 4.69) is 26.6 Å². The average molecular weight is 385 g/mol. The molecule has 6 nitrogen and oxygen atoms in total. The Morgan fingerprint density at radius 3 is 2.77 bits per heavy atom. The third-order valence-electron chi connectivity index (χ3n) is 2.78. The summed E-state index contributed by atoms with van der Waals surface area (Å²) in [6.45, 7) is 0.323. The highest BCUT2D eigenvalue weighted by Crippen LogP contribution is 2.27. The van der Waals surface area contributed by atoms with Gasteiger partial charge in [-0.25, -0.2) is 0 Å². The topological polar surface area (TPSA) is 87.7 Å². The second kappa shape index (κ2) is 7.37. The van der Waals surface area contributed by atoms with E-state index in [1.54, 1.807) is 24.3 Å². The molecule has 8 heteroatoms. The van der Waals surface area contributed by atoms with Gasteiger partial charge >= 0.3 is 5.97 Å². The smallest absolute Gasteiger partial charge is 0.303 e. The molecule has 1 aromatic carbocycles. The van der Waals surface area contributed by atoms with Gasteiger partial charge in [-0.3, -0.25) is 14.9 Å². The summed E-state index contributed by atoms with van der Waals surface area (Å²) in [4.78, 5) is 22.0. The molecule has 0 aromatic heterocycles. The normalized spacial score (nSPS) is 15.6. The summed E-state index contributed by atoms with van der Waals surface area (Å²) in [5.41, 5.74) is 1.18. The number of hydrogen-bond donors (Lipinski definition) is 3. The monoisotopic (exact) mass is 384 g/mol. The van der Waals surface area contributed by atoms with E-state index in [1.807, 2.05) is 0 Å². The number of carboxylic acid groups (broad SMARTS) is 1. The van der Waals surface area contributed by atoms with E-state index in [9.17, 15) is 9.59 Å². The first-order valence-electron chi connectivity index (χ1n) is 6.44. The summed E-state index contributed by atoms with van der Waals surface area (Å²) in [7, 11) is 0. The fourth-order valence-electron chi connectivity index (χ4n) is 1.78. The summed E-state index contributed by atoms with van der Waals surface area (Å²) >= 11 is 8.25. The number of thiocarbonyl (C=S) groups is 1. The lowest BCUT2D eigenvalue weighted by atomic mass is 10.2. The fourth-order valence-corrected chi connectivity index (χ4v) is 2.49. The van der Waals surface area contributed by atoms with Crippen LogP contribution < -0.4 is 15.4 Å². The van der Waals surface area contributed by atoms with Crippen LogP contribution in [0.3, 0.4) is 0 Å². The largest absolute Gasteiger partial charge is 0.492 e. The number of carbonyl (C=O) groups is 2. The fraction of sp³-hybridized carbons (Fsp3) is 0.214. The number of benzene rings is 1. The van der Waals surface area contributed by atoms with Crippen LogP contribution in [0.2, 0.25) is 0 Å². The molecule has 1 aliphatic rings. The van der Waals surface area contributed by atoms with Gasteiger partial charge in [0.2, 0.25) is 0 Å². The predicted molar refractivity (Wildman–Crippen MR) is 88.4 cm³/mol. The molecule has 1 amide bonds. The molecule has 1 saturated heterocycles. The van der Waals surface area contributed by atoms with E-state index < -0.39 is 5.97 Å². The number of ether oxygens (including phenoxy) is 1. The van der Waals surface area contributed by atoms with Crippen LogP contribution in [0.1, 0.15) is 18.4 Å². The van der Waals surface area contributed by atoms with Crippen LogP contribution in [-0.2, 0) is 9.59 Å². The lowest BCUT2D eigenvalue weighted by Crippen LogP contribution is -2.21. The molecule has 1 aliphatic heterocycles. The minimum Gasteiger partial charge on any atom is -0.492 e. The summed E-state index contributed by atoms with van der Waals surface area (Å²) < 4.78 is 6.22. The molecule has 22 heavy (non-hydrogen) atoms. The van der Waals surface area contributed by atoms with E-state index in [1.165, 1.54) is 0 Å². The number of carbonyl (C=O) groups excluding carboxylic acids is 1. The van der Waals surface area contributed by atoms with E-state index in [0.717, 1.165) is 10.0 Å². The van der Waals surface area contributed by atoms with Gasteiger partial charge in [0, 0.05) is 6.42 Å². The highest BCUT2D eigenvalue weighted by molar-refractivity contribution is 9.10. The number of halogens is 1. The van der Waals surface area contributed by atoms with Gasteiger partial charge in [0.05, 0.1) is 11.1 Å². The lowest BCUT2D eigenvalue weighted by Gasteiger charge is -2.08. The molecule has 1 aromatic rings. The molecule has 1 fully saturated rings. The van der Waals surface area contributed by atoms with Crippen LogP contribution in [-0.4, -0.2) is 28.7 Å². The zero-order valence-corrected chi connectivity index (χ0v) is 13.8. The van der Waals surface area contributed by atoms with Gasteiger partial charge in [0.1, 0.15) is 11.4 Å². The molecular weight excluding hydrogens is 372 g/mol. The molecule has 1 heterocycles. The Morgan fingerprint density at radius 2 is 2.18 bits per heavy atom. The maximum atomic E-state index is 11.6. The highest BCUT2D eigenvalue weighted by Gasteiger charge is 2.19. The lowest BCUT2D eigenvalue weighted by molar-refractivity contribution is -0.137. The number of rotatable bonds is 6. The molecule has 3 N–H and O–H groups in total. The van der Waals surface area contributed by atoms with Gasteiger partial charge in [-0.2, -0.15) is 0 Å². The molecule has 0 bridgehead atoms. The molecule has 0 unspecified atom stereocenters. The summed E-state index contributed by atoms with van der Waals surface area (Å²) in [6, 6.07) is 5.35. The number of aliphatic carboxylic acids is 1. The molecule has 0 aliphatic carbocycles. The van der Waals surface area contributed by atoms with E-state index in [-0.39, 0.29) is 17.4 Å². The van der Waals surface area contributed by atoms with Crippen LogP contribution in [0, 0.1) is 0 Å². The third-order valence-corrected chi connectivity index (χ3v) is 3.60. The Morgan fingerprint density at radius 1 is 1.41 bits per heavy atom. The van der Waals surface area contributed by atoms with Crippen LogP contribution in [0.4, 0.5) is 0 Å². The molecule has 2 rings (SSSR count). The zero-order chi connectivity index (χ0) is 16.1. The average Bonchev–Trinajstić information content (AvgIpc) is 2.74. The predicted octanol–water partition coefficient (Wildman–Crippen LogP) is 2.04. The molecule has 0 atom stereocenters. The summed E-state index contributed by atoms with van der Waals surface area (Å²) in [5, 5.41) is 14.1. The molecule has 0 spiro atoms. The summed E-state index contributed by atoms with van der Waals surface area (Å²) in [6.07, 6.45) is 2.19. The van der Waals surface area contributed by atoms with Crippen molar-refractivity contribution in [3.63, 3.8) is 0 Å². The van der Waals surface area contributed by atoms with Crippen LogP contribution in [0.5, 0.6) is 5.75 Å². The van der Waals surface area contributed by atoms with Crippen molar-refractivity contribution in [2.75, 3.05) is 6.61 Å². The zero-order valence-electron chi connectivity index (χ0n) is 11.4. The number of hydrogen-bond acceptors (Lipinski definition) is 4. The quantitative estimate of drug-likeness (QED) is 0.395. The second-order valence-electron chi connectivity index (χ2n) is 4.50. The Bertz CT molecular complexity index is 660. The maximum absolute atomic E-state index is 11.6. The Kier molecular flexibility index (Phi) is 5.51. The van der Waals surface area contributed by atoms with Gasteiger partial charge < -0.3 is 15.2 Å². The van der Waals surface area contributed by atoms with Crippen molar-refractivity contribution in [2.24, 2.45) is 0 Å². The standard InChI is InChI=1S/C14H13BrN2O4S/c15-9-6-8(7-10-13(20)17-14(22)16-10)3-4-11(9)21-5-1-2-12(18)19/h3-4,6-7H,1-2,5H2,(H,18,19)(H2,16,17,20,22)/b10-7-. The van der Waals surface area contributed by atoms with E-state index >= 15 is 0 Å². The number of nitrogens with one attached hydrogen (secondary N) is 2. The van der Waals surface area contributed by atoms with Crippen molar-refractivity contribution in [3.8, 4) is 5.75 Å². The van der Waals surface area contributed by atoms with Crippen molar-refractivity contribution in [1.82, 2.24) is 10.6 Å². The minimum atomic E-state index is -0.843. The molecule has 0 radical (unpaired) electrons. The minimum absolute atomic E-state index is 0.0719. The van der Waals surface area contributed by atoms with E-state index in [4.69, 9.17) is 22.1 Å². The first-order valence-corrected chi connectivity index (χ1v) is 7.64. The van der Waals surface area contributed by atoms with Gasteiger partial charge in [-0.1, -0.05) is 6.07 Å². The Hall–Kier alpha value is -1.93. The van der Waals surface area contributed by atoms with Crippen LogP contribution in [0.25, 0.3) is 6.08 Å². The molecular formula is C14H13BrN2O4S. The highest BCUT2D eigenvalue weighted by atomic mass is 79.9. The Labute approximate surface area is 140 Å².